The van der Waals surface area contributed by atoms with Gasteiger partial charge in [-0.1, -0.05) is 40.4 Å². The summed E-state index contributed by atoms with van der Waals surface area (Å²) in [6.07, 6.45) is 4.82. The minimum atomic E-state index is -0.748. The lowest BCUT2D eigenvalue weighted by atomic mass is 9.86. The summed E-state index contributed by atoms with van der Waals surface area (Å²) in [5.74, 6) is 4.85. The van der Waals surface area contributed by atoms with Crippen molar-refractivity contribution in [2.24, 2.45) is 0 Å². The number of rotatable bonds is 4. The first-order valence-electron chi connectivity index (χ1n) is 9.04. The minimum absolute atomic E-state index is 0.285. The van der Waals surface area contributed by atoms with Crippen LogP contribution in [0, 0.1) is 11.8 Å². The quantitative estimate of drug-likeness (QED) is 0.389. The molecule has 6 heteroatoms. The molecular weight excluding hydrogens is 400 g/mol. The van der Waals surface area contributed by atoms with Crippen molar-refractivity contribution in [2.75, 3.05) is 26.4 Å². The predicted molar refractivity (Wildman–Crippen MR) is 102 cm³/mol. The van der Waals surface area contributed by atoms with Gasteiger partial charge in [-0.3, -0.25) is 0 Å². The molecule has 0 radical (unpaired) electrons. The molecule has 2 aliphatic heterocycles. The molecule has 0 unspecified atom stereocenters. The van der Waals surface area contributed by atoms with Gasteiger partial charge in [-0.15, -0.1) is 0 Å². The molecule has 2 heterocycles. The van der Waals surface area contributed by atoms with E-state index < -0.39 is 17.2 Å². The first-order chi connectivity index (χ1) is 12.3. The fraction of sp³-hybridized carbons (Fsp3) is 0.700. The number of hydrogen-bond acceptors (Lipinski definition) is 5. The molecule has 1 spiro atoms. The van der Waals surface area contributed by atoms with Crippen LogP contribution in [0.25, 0.3) is 0 Å². The van der Waals surface area contributed by atoms with Crippen molar-refractivity contribution in [3.8, 4) is 11.8 Å². The lowest BCUT2D eigenvalue weighted by Crippen LogP contribution is -2.41. The first-order valence-corrected chi connectivity index (χ1v) is 9.83. The van der Waals surface area contributed by atoms with E-state index in [0.29, 0.717) is 19.8 Å². The van der Waals surface area contributed by atoms with Crippen LogP contribution in [0.5, 0.6) is 0 Å². The van der Waals surface area contributed by atoms with Crippen molar-refractivity contribution in [1.82, 2.24) is 0 Å². The summed E-state index contributed by atoms with van der Waals surface area (Å²) in [4.78, 5) is 0. The third-order valence-electron chi connectivity index (χ3n) is 4.90. The fourth-order valence-corrected chi connectivity index (χ4v) is 4.21. The Balaban J connectivity index is 1.57. The molecule has 3 rings (SSSR count). The predicted octanol–water partition coefficient (Wildman–Crippen LogP) is 3.68. The molecule has 1 aliphatic carbocycles. The molecular formula is C20H27BrO5. The highest BCUT2D eigenvalue weighted by molar-refractivity contribution is 9.11. The zero-order chi connectivity index (χ0) is 18.8. The maximum atomic E-state index is 6.25. The van der Waals surface area contributed by atoms with E-state index in [1.165, 1.54) is 0 Å². The molecule has 3 aliphatic rings. The Morgan fingerprint density at radius 2 is 2.08 bits per heavy atom. The zero-order valence-corrected chi connectivity index (χ0v) is 17.3. The summed E-state index contributed by atoms with van der Waals surface area (Å²) >= 11 is 3.67. The van der Waals surface area contributed by atoms with E-state index in [0.717, 1.165) is 29.3 Å². The summed E-state index contributed by atoms with van der Waals surface area (Å²) in [5, 5.41) is 0. The van der Waals surface area contributed by atoms with Gasteiger partial charge in [-0.05, 0) is 40.0 Å². The van der Waals surface area contributed by atoms with Crippen LogP contribution in [-0.4, -0.2) is 49.7 Å². The molecule has 26 heavy (non-hydrogen) atoms. The normalized spacial score (nSPS) is 32.2. The van der Waals surface area contributed by atoms with Crippen LogP contribution in [0.15, 0.2) is 22.7 Å². The molecule has 0 bridgehead atoms. The van der Waals surface area contributed by atoms with Gasteiger partial charge < -0.3 is 23.7 Å². The summed E-state index contributed by atoms with van der Waals surface area (Å²) in [7, 11) is 0. The Labute approximate surface area is 164 Å². The second-order valence-corrected chi connectivity index (χ2v) is 8.25. The Bertz CT molecular complexity index is 638. The largest absolute Gasteiger partial charge is 0.364 e. The van der Waals surface area contributed by atoms with Crippen molar-refractivity contribution in [3.05, 3.63) is 22.7 Å². The number of hydrogen-bond donors (Lipinski definition) is 0. The van der Waals surface area contributed by atoms with Gasteiger partial charge >= 0.3 is 0 Å². The highest BCUT2D eigenvalue weighted by Crippen LogP contribution is 2.48. The second-order valence-electron chi connectivity index (χ2n) is 7.39. The van der Waals surface area contributed by atoms with Crippen LogP contribution in [0.4, 0.5) is 0 Å². The average Bonchev–Trinajstić information content (AvgIpc) is 3.13. The lowest BCUT2D eigenvalue weighted by Gasteiger charge is -2.33. The average molecular weight is 427 g/mol. The van der Waals surface area contributed by atoms with Crippen LogP contribution >= 0.6 is 15.9 Å². The molecule has 2 fully saturated rings. The van der Waals surface area contributed by atoms with Crippen LogP contribution in [0.2, 0.25) is 0 Å². The molecule has 144 valence electrons. The van der Waals surface area contributed by atoms with Crippen LogP contribution in [0.1, 0.15) is 40.0 Å². The molecule has 2 atom stereocenters. The Morgan fingerprint density at radius 3 is 2.77 bits per heavy atom. The van der Waals surface area contributed by atoms with Gasteiger partial charge in [0.15, 0.2) is 17.7 Å². The maximum Gasteiger partial charge on any atom is 0.190 e. The van der Waals surface area contributed by atoms with Crippen molar-refractivity contribution in [3.63, 3.8) is 0 Å². The van der Waals surface area contributed by atoms with Crippen LogP contribution in [-0.2, 0) is 23.7 Å². The fourth-order valence-electron chi connectivity index (χ4n) is 3.49. The van der Waals surface area contributed by atoms with Gasteiger partial charge in [-0.2, -0.15) is 0 Å². The maximum absolute atomic E-state index is 6.25. The summed E-state index contributed by atoms with van der Waals surface area (Å²) in [5.41, 5.74) is 0.241. The van der Waals surface area contributed by atoms with E-state index in [2.05, 4.69) is 40.4 Å². The summed E-state index contributed by atoms with van der Waals surface area (Å²) in [6, 6.07) is 0. The van der Waals surface area contributed by atoms with E-state index in [4.69, 9.17) is 23.7 Å². The first kappa shape index (κ1) is 20.1. The van der Waals surface area contributed by atoms with Crippen LogP contribution < -0.4 is 0 Å². The van der Waals surface area contributed by atoms with Gasteiger partial charge in [0, 0.05) is 10.1 Å². The van der Waals surface area contributed by atoms with Gasteiger partial charge in [0.25, 0.3) is 0 Å². The van der Waals surface area contributed by atoms with E-state index in [1.807, 2.05) is 20.8 Å². The molecule has 0 aromatic rings. The molecule has 2 saturated heterocycles. The zero-order valence-electron chi connectivity index (χ0n) is 15.7. The number of allylic oxidation sites excluding steroid dienone is 1. The van der Waals surface area contributed by atoms with Gasteiger partial charge in [0.05, 0.1) is 19.8 Å². The van der Waals surface area contributed by atoms with E-state index >= 15 is 0 Å². The number of ether oxygens (including phenoxy) is 5. The monoisotopic (exact) mass is 426 g/mol. The Hall–Kier alpha value is -0.680. The topological polar surface area (TPSA) is 46.2 Å². The SMILES string of the molecule is C=C(COCC#C[C@@H]1OC(C)(C)O[C@@]12CCCC=C2Br)C1(C)OCCO1. The summed E-state index contributed by atoms with van der Waals surface area (Å²) in [6.45, 7) is 11.5. The second kappa shape index (κ2) is 7.75. The van der Waals surface area contributed by atoms with Gasteiger partial charge in [0.1, 0.15) is 12.2 Å². The third kappa shape index (κ3) is 4.09. The highest BCUT2D eigenvalue weighted by Gasteiger charge is 2.54. The van der Waals surface area contributed by atoms with E-state index in [9.17, 15) is 0 Å². The van der Waals surface area contributed by atoms with Crippen molar-refractivity contribution >= 4 is 15.9 Å². The smallest absolute Gasteiger partial charge is 0.190 e. The molecule has 0 saturated carbocycles. The molecule has 0 amide bonds. The van der Waals surface area contributed by atoms with Gasteiger partial charge in [0.2, 0.25) is 0 Å². The van der Waals surface area contributed by atoms with E-state index in [-0.39, 0.29) is 12.7 Å². The Kier molecular flexibility index (Phi) is 5.98. The summed E-state index contributed by atoms with van der Waals surface area (Å²) < 4.78 is 30.1. The molecule has 0 N–H and O–H groups in total. The van der Waals surface area contributed by atoms with Gasteiger partial charge in [-0.25, -0.2) is 0 Å². The van der Waals surface area contributed by atoms with Crippen molar-refractivity contribution in [2.45, 2.75) is 63.3 Å². The molecule has 5 nitrogen and oxygen atoms in total. The van der Waals surface area contributed by atoms with Crippen molar-refractivity contribution in [1.29, 1.82) is 0 Å². The minimum Gasteiger partial charge on any atom is -0.364 e. The van der Waals surface area contributed by atoms with E-state index in [1.54, 1.807) is 0 Å². The number of halogens is 1. The lowest BCUT2D eigenvalue weighted by molar-refractivity contribution is -0.155. The molecule has 0 aromatic carbocycles. The molecule has 0 aromatic heterocycles. The van der Waals surface area contributed by atoms with Crippen molar-refractivity contribution < 1.29 is 23.7 Å². The highest BCUT2D eigenvalue weighted by atomic mass is 79.9. The Morgan fingerprint density at radius 1 is 1.35 bits per heavy atom. The standard InChI is InChI=1S/C20H27BrO5/c1-15(19(4)23-12-13-24-19)14-22-11-7-9-17-20(26-18(2,3)25-17)10-6-5-8-16(20)21/h8,17H,1,5-6,10-14H2,2-4H3/t17-,20+/m0/s1. The third-order valence-corrected chi connectivity index (χ3v) is 5.89. The van der Waals surface area contributed by atoms with Crippen LogP contribution in [0.3, 0.4) is 0 Å².